The third-order valence-corrected chi connectivity index (χ3v) is 6.02. The van der Waals surface area contributed by atoms with Crippen LogP contribution in [0.2, 0.25) is 0 Å². The van der Waals surface area contributed by atoms with Crippen LogP contribution in [0, 0.1) is 0 Å². The number of nitrogens with one attached hydrogen (secondary N) is 1. The Morgan fingerprint density at radius 3 is 2.38 bits per heavy atom. The summed E-state index contributed by atoms with van der Waals surface area (Å²) in [5.41, 5.74) is 4.13. The second-order valence-corrected chi connectivity index (χ2v) is 8.05. The van der Waals surface area contributed by atoms with Gasteiger partial charge in [0.05, 0.1) is 36.5 Å². The van der Waals surface area contributed by atoms with Gasteiger partial charge in [0.15, 0.2) is 5.16 Å². The second-order valence-electron chi connectivity index (χ2n) is 7.11. The van der Waals surface area contributed by atoms with E-state index in [0.29, 0.717) is 22.3 Å². The van der Waals surface area contributed by atoms with Gasteiger partial charge in [-0.05, 0) is 24.3 Å². The van der Waals surface area contributed by atoms with Crippen molar-refractivity contribution in [2.75, 3.05) is 25.3 Å². The molecule has 0 spiro atoms. The molecule has 0 unspecified atom stereocenters. The number of carbonyl (C=O) groups excluding carboxylic acids is 1. The van der Waals surface area contributed by atoms with Crippen LogP contribution in [-0.2, 0) is 4.79 Å². The molecule has 160 valence electrons. The summed E-state index contributed by atoms with van der Waals surface area (Å²) >= 11 is 1.37. The van der Waals surface area contributed by atoms with E-state index in [1.807, 2.05) is 52.9 Å². The lowest BCUT2D eigenvalue weighted by molar-refractivity contribution is -0.113. The molecule has 0 aliphatic carbocycles. The van der Waals surface area contributed by atoms with Gasteiger partial charge in [-0.1, -0.05) is 36.0 Å². The Kier molecular flexibility index (Phi) is 5.28. The standard InChI is InChI=1S/C24H20N4O3S/c1-30-16-11-15(12-17(13-16)31-2)25-22(29)14-32-24-27-19-8-4-3-7-18(19)23-26-20-9-5-6-10-21(20)28(23)24/h3-13H,14H2,1-2H3,(H,25,29). The number of amides is 1. The zero-order valence-corrected chi connectivity index (χ0v) is 18.3. The lowest BCUT2D eigenvalue weighted by Crippen LogP contribution is -2.14. The number of nitrogens with zero attached hydrogens (tertiary/aromatic N) is 3. The number of para-hydroxylation sites is 3. The second kappa shape index (κ2) is 8.39. The largest absolute Gasteiger partial charge is 0.497 e. The monoisotopic (exact) mass is 444 g/mol. The summed E-state index contributed by atoms with van der Waals surface area (Å²) in [6, 6.07) is 21.1. The predicted molar refractivity (Wildman–Crippen MR) is 127 cm³/mol. The van der Waals surface area contributed by atoms with E-state index in [0.717, 1.165) is 27.6 Å². The van der Waals surface area contributed by atoms with Crippen molar-refractivity contribution >= 4 is 50.9 Å². The maximum absolute atomic E-state index is 12.7. The van der Waals surface area contributed by atoms with Gasteiger partial charge in [0.1, 0.15) is 17.1 Å². The molecular formula is C24H20N4O3S. The molecule has 1 amide bonds. The molecule has 2 heterocycles. The number of fused-ring (bicyclic) bond motifs is 5. The SMILES string of the molecule is COc1cc(NC(=O)CSc2nc3ccccc3c3nc4ccccc4n23)cc(OC)c1. The molecule has 7 nitrogen and oxygen atoms in total. The van der Waals surface area contributed by atoms with Crippen molar-refractivity contribution in [3.8, 4) is 11.5 Å². The van der Waals surface area contributed by atoms with Crippen molar-refractivity contribution in [3.05, 3.63) is 66.7 Å². The normalized spacial score (nSPS) is 11.2. The maximum atomic E-state index is 12.7. The van der Waals surface area contributed by atoms with Crippen LogP contribution in [0.5, 0.6) is 11.5 Å². The van der Waals surface area contributed by atoms with Crippen LogP contribution in [-0.4, -0.2) is 40.2 Å². The summed E-state index contributed by atoms with van der Waals surface area (Å²) in [5.74, 6) is 1.25. The van der Waals surface area contributed by atoms with E-state index >= 15 is 0 Å². The van der Waals surface area contributed by atoms with Gasteiger partial charge in [-0.2, -0.15) is 0 Å². The number of ether oxygens (including phenoxy) is 2. The van der Waals surface area contributed by atoms with Gasteiger partial charge in [0, 0.05) is 29.3 Å². The van der Waals surface area contributed by atoms with E-state index in [-0.39, 0.29) is 11.7 Å². The van der Waals surface area contributed by atoms with E-state index in [4.69, 9.17) is 19.4 Å². The van der Waals surface area contributed by atoms with Crippen molar-refractivity contribution < 1.29 is 14.3 Å². The summed E-state index contributed by atoms with van der Waals surface area (Å²) in [7, 11) is 3.14. The summed E-state index contributed by atoms with van der Waals surface area (Å²) in [5, 5.41) is 4.59. The van der Waals surface area contributed by atoms with Crippen molar-refractivity contribution in [3.63, 3.8) is 0 Å². The Labute approximate surface area is 188 Å². The molecule has 8 heteroatoms. The zero-order chi connectivity index (χ0) is 22.1. The van der Waals surface area contributed by atoms with Gasteiger partial charge in [0.2, 0.25) is 5.91 Å². The molecule has 0 saturated heterocycles. The Balaban J connectivity index is 1.47. The van der Waals surface area contributed by atoms with Gasteiger partial charge < -0.3 is 14.8 Å². The number of thioether (sulfide) groups is 1. The molecule has 0 atom stereocenters. The number of carbonyl (C=O) groups is 1. The average molecular weight is 445 g/mol. The van der Waals surface area contributed by atoms with Gasteiger partial charge in [-0.15, -0.1) is 0 Å². The number of anilines is 1. The first-order chi connectivity index (χ1) is 15.7. The van der Waals surface area contributed by atoms with Crippen molar-refractivity contribution in [1.29, 1.82) is 0 Å². The van der Waals surface area contributed by atoms with E-state index in [1.54, 1.807) is 32.4 Å². The molecule has 0 aliphatic rings. The van der Waals surface area contributed by atoms with E-state index in [2.05, 4.69) is 5.32 Å². The van der Waals surface area contributed by atoms with Crippen molar-refractivity contribution in [2.24, 2.45) is 0 Å². The minimum Gasteiger partial charge on any atom is -0.497 e. The van der Waals surface area contributed by atoms with Gasteiger partial charge in [-0.25, -0.2) is 9.97 Å². The molecule has 0 fully saturated rings. The van der Waals surface area contributed by atoms with Gasteiger partial charge in [-0.3, -0.25) is 9.20 Å². The number of rotatable bonds is 6. The lowest BCUT2D eigenvalue weighted by Gasteiger charge is -2.11. The quantitative estimate of drug-likeness (QED) is 0.300. The van der Waals surface area contributed by atoms with Crippen LogP contribution in [0.15, 0.2) is 71.9 Å². The number of aromatic nitrogens is 3. The molecule has 1 N–H and O–H groups in total. The fourth-order valence-corrected chi connectivity index (χ4v) is 4.43. The number of hydrogen-bond acceptors (Lipinski definition) is 6. The maximum Gasteiger partial charge on any atom is 0.234 e. The predicted octanol–water partition coefficient (Wildman–Crippen LogP) is 4.78. The third kappa shape index (κ3) is 3.69. The van der Waals surface area contributed by atoms with Crippen LogP contribution in [0.1, 0.15) is 0 Å². The van der Waals surface area contributed by atoms with Gasteiger partial charge in [0.25, 0.3) is 0 Å². The number of methoxy groups -OCH3 is 2. The molecule has 5 aromatic rings. The van der Waals surface area contributed by atoms with E-state index in [1.165, 1.54) is 11.8 Å². The average Bonchev–Trinajstić information content (AvgIpc) is 3.22. The smallest absolute Gasteiger partial charge is 0.234 e. The van der Waals surface area contributed by atoms with Gasteiger partial charge >= 0.3 is 0 Å². The number of imidazole rings is 1. The molecule has 0 aliphatic heterocycles. The Morgan fingerprint density at radius 2 is 1.62 bits per heavy atom. The number of hydrogen-bond donors (Lipinski definition) is 1. The summed E-state index contributed by atoms with van der Waals surface area (Å²) in [6.45, 7) is 0. The zero-order valence-electron chi connectivity index (χ0n) is 17.5. The fraction of sp³-hybridized carbons (Fsp3) is 0.125. The van der Waals surface area contributed by atoms with E-state index in [9.17, 15) is 4.79 Å². The highest BCUT2D eigenvalue weighted by Gasteiger charge is 2.15. The topological polar surface area (TPSA) is 77.8 Å². The minimum atomic E-state index is -0.155. The molecule has 0 bridgehead atoms. The van der Waals surface area contributed by atoms with Crippen LogP contribution in [0.25, 0.3) is 27.6 Å². The molecule has 0 radical (unpaired) electrons. The molecule has 2 aromatic heterocycles. The van der Waals surface area contributed by atoms with E-state index < -0.39 is 0 Å². The summed E-state index contributed by atoms with van der Waals surface area (Å²) in [4.78, 5) is 22.4. The molecule has 3 aromatic carbocycles. The molecular weight excluding hydrogens is 424 g/mol. The minimum absolute atomic E-state index is 0.155. The van der Waals surface area contributed by atoms with Crippen LogP contribution >= 0.6 is 11.8 Å². The lowest BCUT2D eigenvalue weighted by atomic mass is 10.2. The molecule has 5 rings (SSSR count). The Bertz CT molecular complexity index is 1440. The molecule has 0 saturated carbocycles. The first-order valence-corrected chi connectivity index (χ1v) is 11.0. The highest BCUT2D eigenvalue weighted by Crippen LogP contribution is 2.29. The van der Waals surface area contributed by atoms with Crippen LogP contribution < -0.4 is 14.8 Å². The number of benzene rings is 3. The van der Waals surface area contributed by atoms with Crippen LogP contribution in [0.4, 0.5) is 5.69 Å². The first-order valence-electron chi connectivity index (χ1n) is 9.98. The van der Waals surface area contributed by atoms with Crippen molar-refractivity contribution in [2.45, 2.75) is 5.16 Å². The van der Waals surface area contributed by atoms with Crippen LogP contribution in [0.3, 0.4) is 0 Å². The highest BCUT2D eigenvalue weighted by molar-refractivity contribution is 7.99. The summed E-state index contributed by atoms with van der Waals surface area (Å²) < 4.78 is 12.6. The Hall–Kier alpha value is -3.78. The third-order valence-electron chi connectivity index (χ3n) is 5.08. The Morgan fingerprint density at radius 1 is 0.938 bits per heavy atom. The van der Waals surface area contributed by atoms with Crippen molar-refractivity contribution in [1.82, 2.24) is 14.4 Å². The highest BCUT2D eigenvalue weighted by atomic mass is 32.2. The summed E-state index contributed by atoms with van der Waals surface area (Å²) in [6.07, 6.45) is 0. The fourth-order valence-electron chi connectivity index (χ4n) is 3.62. The molecule has 32 heavy (non-hydrogen) atoms. The first kappa shape index (κ1) is 20.1.